The number of hydrogen-bond donors (Lipinski definition) is 3. The van der Waals surface area contributed by atoms with Gasteiger partial charge in [-0.3, -0.25) is 14.4 Å². The minimum Gasteiger partial charge on any atom is -0.355 e. The van der Waals surface area contributed by atoms with Crippen molar-refractivity contribution in [3.8, 4) is 0 Å². The first-order valence-corrected chi connectivity index (χ1v) is 7.46. The molecule has 2 aromatic carbocycles. The Balaban J connectivity index is 1.92. The average molecular weight is 325 g/mol. The molecule has 6 heteroatoms. The summed E-state index contributed by atoms with van der Waals surface area (Å²) in [6, 6.07) is 13.7. The van der Waals surface area contributed by atoms with Gasteiger partial charge in [0.25, 0.3) is 11.8 Å². The Kier molecular flexibility index (Phi) is 5.68. The zero-order valence-corrected chi connectivity index (χ0v) is 13.6. The number of hydrogen-bond acceptors (Lipinski definition) is 3. The van der Waals surface area contributed by atoms with Crippen molar-refractivity contribution >= 4 is 23.4 Å². The van der Waals surface area contributed by atoms with Gasteiger partial charge in [-0.05, 0) is 42.0 Å². The monoisotopic (exact) mass is 325 g/mol. The summed E-state index contributed by atoms with van der Waals surface area (Å²) >= 11 is 0. The molecule has 0 unspecified atom stereocenters. The molecule has 124 valence electrons. The molecule has 3 amide bonds. The molecule has 2 rings (SSSR count). The smallest absolute Gasteiger partial charge is 0.251 e. The lowest BCUT2D eigenvalue weighted by atomic mass is 10.1. The highest BCUT2D eigenvalue weighted by Gasteiger charge is 2.07. The molecule has 0 heterocycles. The third kappa shape index (κ3) is 4.67. The van der Waals surface area contributed by atoms with E-state index in [0.717, 1.165) is 5.56 Å². The van der Waals surface area contributed by atoms with Crippen molar-refractivity contribution in [3.63, 3.8) is 0 Å². The van der Waals surface area contributed by atoms with Gasteiger partial charge in [-0.2, -0.15) is 0 Å². The van der Waals surface area contributed by atoms with Crippen molar-refractivity contribution in [2.24, 2.45) is 0 Å². The van der Waals surface area contributed by atoms with Crippen molar-refractivity contribution in [2.75, 3.05) is 12.4 Å². The highest BCUT2D eigenvalue weighted by atomic mass is 16.2. The van der Waals surface area contributed by atoms with Crippen LogP contribution in [0.4, 0.5) is 5.69 Å². The molecule has 6 nitrogen and oxygen atoms in total. The lowest BCUT2D eigenvalue weighted by Crippen LogP contribution is -2.23. The van der Waals surface area contributed by atoms with Gasteiger partial charge >= 0.3 is 0 Å². The molecule has 0 radical (unpaired) electrons. The minimum atomic E-state index is -0.209. The lowest BCUT2D eigenvalue weighted by molar-refractivity contribution is -0.114. The van der Waals surface area contributed by atoms with E-state index in [1.807, 2.05) is 0 Å². The van der Waals surface area contributed by atoms with E-state index in [0.29, 0.717) is 23.4 Å². The molecule has 0 aromatic heterocycles. The summed E-state index contributed by atoms with van der Waals surface area (Å²) in [4.78, 5) is 34.5. The van der Waals surface area contributed by atoms with Crippen molar-refractivity contribution in [1.82, 2.24) is 10.6 Å². The normalized spacial score (nSPS) is 9.92. The van der Waals surface area contributed by atoms with Crippen molar-refractivity contribution in [2.45, 2.75) is 13.5 Å². The number of anilines is 1. The number of carbonyl (C=O) groups excluding carboxylic acids is 3. The lowest BCUT2D eigenvalue weighted by Gasteiger charge is -2.07. The highest BCUT2D eigenvalue weighted by Crippen LogP contribution is 2.10. The molecule has 0 fully saturated rings. The van der Waals surface area contributed by atoms with Gasteiger partial charge in [-0.15, -0.1) is 0 Å². The van der Waals surface area contributed by atoms with Crippen LogP contribution in [0.15, 0.2) is 48.5 Å². The summed E-state index contributed by atoms with van der Waals surface area (Å²) in [6.45, 7) is 1.79. The Hall–Kier alpha value is -3.15. The van der Waals surface area contributed by atoms with Crippen LogP contribution in [0.1, 0.15) is 33.2 Å². The Labute approximate surface area is 140 Å². The van der Waals surface area contributed by atoms with Crippen LogP contribution in [0.25, 0.3) is 0 Å². The van der Waals surface area contributed by atoms with Crippen LogP contribution in [0.5, 0.6) is 0 Å². The summed E-state index contributed by atoms with van der Waals surface area (Å²) in [5, 5.41) is 8.01. The first kappa shape index (κ1) is 17.2. The SMILES string of the molecule is CNC(=O)c1ccc(CNC(=O)c2ccc(NC(C)=O)cc2)cc1. The van der Waals surface area contributed by atoms with Crippen LogP contribution in [0, 0.1) is 0 Å². The summed E-state index contributed by atoms with van der Waals surface area (Å²) in [7, 11) is 1.58. The Bertz CT molecular complexity index is 737. The van der Waals surface area contributed by atoms with Crippen LogP contribution < -0.4 is 16.0 Å². The second-order valence-corrected chi connectivity index (χ2v) is 5.22. The Morgan fingerprint density at radius 2 is 1.38 bits per heavy atom. The molecule has 0 saturated heterocycles. The molecule has 24 heavy (non-hydrogen) atoms. The molecule has 0 aliphatic carbocycles. The zero-order valence-electron chi connectivity index (χ0n) is 13.6. The maximum atomic E-state index is 12.1. The fourth-order valence-corrected chi connectivity index (χ4v) is 2.11. The molecule has 2 aromatic rings. The molecule has 0 atom stereocenters. The van der Waals surface area contributed by atoms with Crippen LogP contribution >= 0.6 is 0 Å². The van der Waals surface area contributed by atoms with Crippen LogP contribution in [0.2, 0.25) is 0 Å². The summed E-state index contributed by atoms with van der Waals surface area (Å²) < 4.78 is 0. The van der Waals surface area contributed by atoms with E-state index >= 15 is 0 Å². The Morgan fingerprint density at radius 3 is 1.92 bits per heavy atom. The van der Waals surface area contributed by atoms with E-state index in [9.17, 15) is 14.4 Å². The molecular weight excluding hydrogens is 306 g/mol. The predicted octanol–water partition coefficient (Wildman–Crippen LogP) is 1.93. The fourth-order valence-electron chi connectivity index (χ4n) is 2.11. The molecule has 3 N–H and O–H groups in total. The largest absolute Gasteiger partial charge is 0.355 e. The van der Waals surface area contributed by atoms with Gasteiger partial charge in [0.1, 0.15) is 0 Å². The molecule has 0 aliphatic heterocycles. The van der Waals surface area contributed by atoms with Crippen LogP contribution in [0.3, 0.4) is 0 Å². The van der Waals surface area contributed by atoms with E-state index in [1.54, 1.807) is 55.6 Å². The fraction of sp³-hybridized carbons (Fsp3) is 0.167. The van der Waals surface area contributed by atoms with E-state index in [1.165, 1.54) is 6.92 Å². The average Bonchev–Trinajstić information content (AvgIpc) is 2.59. The topological polar surface area (TPSA) is 87.3 Å². The van der Waals surface area contributed by atoms with E-state index in [2.05, 4.69) is 16.0 Å². The summed E-state index contributed by atoms with van der Waals surface area (Å²) in [5.74, 6) is -0.517. The van der Waals surface area contributed by atoms with Gasteiger partial charge in [0.05, 0.1) is 0 Å². The maximum Gasteiger partial charge on any atom is 0.251 e. The van der Waals surface area contributed by atoms with Crippen LogP contribution in [-0.2, 0) is 11.3 Å². The molecule has 0 aliphatic rings. The van der Waals surface area contributed by atoms with Gasteiger partial charge in [-0.1, -0.05) is 12.1 Å². The van der Waals surface area contributed by atoms with Crippen molar-refractivity contribution < 1.29 is 14.4 Å². The molecule has 0 saturated carbocycles. The predicted molar refractivity (Wildman–Crippen MR) is 91.7 cm³/mol. The van der Waals surface area contributed by atoms with Gasteiger partial charge in [0.2, 0.25) is 5.91 Å². The standard InChI is InChI=1S/C18H19N3O3/c1-12(22)21-16-9-7-15(8-10-16)18(24)20-11-13-3-5-14(6-4-13)17(23)19-2/h3-10H,11H2,1-2H3,(H,19,23)(H,20,24)(H,21,22). The van der Waals surface area contributed by atoms with Crippen LogP contribution in [-0.4, -0.2) is 24.8 Å². The Morgan fingerprint density at radius 1 is 0.833 bits per heavy atom. The molecule has 0 spiro atoms. The zero-order chi connectivity index (χ0) is 17.5. The van der Waals surface area contributed by atoms with Gasteiger partial charge in [0.15, 0.2) is 0 Å². The van der Waals surface area contributed by atoms with E-state index in [4.69, 9.17) is 0 Å². The third-order valence-electron chi connectivity index (χ3n) is 3.36. The van der Waals surface area contributed by atoms with Crippen molar-refractivity contribution in [1.29, 1.82) is 0 Å². The van der Waals surface area contributed by atoms with E-state index < -0.39 is 0 Å². The number of amides is 3. The van der Waals surface area contributed by atoms with Gasteiger partial charge in [0, 0.05) is 37.3 Å². The number of carbonyl (C=O) groups is 3. The quantitative estimate of drug-likeness (QED) is 0.785. The first-order chi connectivity index (χ1) is 11.5. The minimum absolute atomic E-state index is 0.148. The number of benzene rings is 2. The second-order valence-electron chi connectivity index (χ2n) is 5.22. The van der Waals surface area contributed by atoms with Crippen molar-refractivity contribution in [3.05, 3.63) is 65.2 Å². The van der Waals surface area contributed by atoms with Gasteiger partial charge in [-0.25, -0.2) is 0 Å². The highest BCUT2D eigenvalue weighted by molar-refractivity contribution is 5.95. The summed E-state index contributed by atoms with van der Waals surface area (Å²) in [6.07, 6.45) is 0. The summed E-state index contributed by atoms with van der Waals surface area (Å²) in [5.41, 5.74) is 2.61. The van der Waals surface area contributed by atoms with Gasteiger partial charge < -0.3 is 16.0 Å². The van der Waals surface area contributed by atoms with E-state index in [-0.39, 0.29) is 17.7 Å². The first-order valence-electron chi connectivity index (χ1n) is 7.46. The molecular formula is C18H19N3O3. The number of nitrogens with one attached hydrogen (secondary N) is 3. The third-order valence-corrected chi connectivity index (χ3v) is 3.36. The molecule has 0 bridgehead atoms. The second kappa shape index (κ2) is 7.92. The number of rotatable bonds is 5. The maximum absolute atomic E-state index is 12.1.